The highest BCUT2D eigenvalue weighted by Crippen LogP contribution is 2.15. The summed E-state index contributed by atoms with van der Waals surface area (Å²) in [6.45, 7) is 3.65. The molecule has 0 spiro atoms. The molecular formula is C9H16N2O2S. The second kappa shape index (κ2) is 4.78. The molecule has 0 N–H and O–H groups in total. The van der Waals surface area contributed by atoms with Crippen molar-refractivity contribution in [2.24, 2.45) is 0 Å². The van der Waals surface area contributed by atoms with Gasteiger partial charge in [0, 0.05) is 19.6 Å². The van der Waals surface area contributed by atoms with Crippen LogP contribution in [-0.2, 0) is 10.2 Å². The molecule has 1 fully saturated rings. The van der Waals surface area contributed by atoms with Crippen LogP contribution in [0.25, 0.3) is 0 Å². The summed E-state index contributed by atoms with van der Waals surface area (Å²) in [5.41, 5.74) is 0. The van der Waals surface area contributed by atoms with Gasteiger partial charge in [-0.2, -0.15) is 17.0 Å². The summed E-state index contributed by atoms with van der Waals surface area (Å²) >= 11 is 0. The first-order chi connectivity index (χ1) is 6.62. The van der Waals surface area contributed by atoms with Crippen LogP contribution in [0.5, 0.6) is 0 Å². The van der Waals surface area contributed by atoms with E-state index >= 15 is 0 Å². The van der Waals surface area contributed by atoms with Crippen molar-refractivity contribution in [2.45, 2.75) is 19.8 Å². The van der Waals surface area contributed by atoms with Crippen LogP contribution in [0.4, 0.5) is 0 Å². The van der Waals surface area contributed by atoms with Crippen molar-refractivity contribution in [3.63, 3.8) is 0 Å². The van der Waals surface area contributed by atoms with Gasteiger partial charge < -0.3 is 0 Å². The molecule has 0 radical (unpaired) electrons. The van der Waals surface area contributed by atoms with E-state index in [4.69, 9.17) is 6.42 Å². The summed E-state index contributed by atoms with van der Waals surface area (Å²) in [5, 5.41) is 0. The molecule has 0 aromatic carbocycles. The molecule has 1 heterocycles. The third-order valence-corrected chi connectivity index (χ3v) is 4.40. The maximum Gasteiger partial charge on any atom is 0.282 e. The van der Waals surface area contributed by atoms with Crippen LogP contribution in [0, 0.1) is 12.3 Å². The fraction of sp³-hybridized carbons (Fsp3) is 0.778. The lowest BCUT2D eigenvalue weighted by Gasteiger charge is -2.24. The molecule has 0 aromatic heterocycles. The van der Waals surface area contributed by atoms with Gasteiger partial charge in [0.2, 0.25) is 0 Å². The summed E-state index contributed by atoms with van der Waals surface area (Å²) in [6, 6.07) is 0. The van der Waals surface area contributed by atoms with Crippen LogP contribution in [0.3, 0.4) is 0 Å². The molecule has 0 unspecified atom stereocenters. The van der Waals surface area contributed by atoms with E-state index in [1.54, 1.807) is 6.92 Å². The van der Waals surface area contributed by atoms with Crippen molar-refractivity contribution >= 4 is 10.2 Å². The predicted octanol–water partition coefficient (Wildman–Crippen LogP) is 0.282. The molecule has 0 atom stereocenters. The number of hydrogen-bond acceptors (Lipinski definition) is 2. The van der Waals surface area contributed by atoms with Gasteiger partial charge in [-0.25, -0.2) is 0 Å². The summed E-state index contributed by atoms with van der Waals surface area (Å²) < 4.78 is 26.7. The monoisotopic (exact) mass is 216 g/mol. The molecule has 1 aliphatic rings. The van der Waals surface area contributed by atoms with E-state index in [0.29, 0.717) is 19.6 Å². The second-order valence-electron chi connectivity index (χ2n) is 3.24. The molecule has 0 aromatic rings. The SMILES string of the molecule is C#CCN(CC)S(=O)(=O)N1CCCC1. The first-order valence-electron chi connectivity index (χ1n) is 4.81. The van der Waals surface area contributed by atoms with Gasteiger partial charge in [-0.15, -0.1) is 6.42 Å². The molecule has 0 amide bonds. The highest BCUT2D eigenvalue weighted by Gasteiger charge is 2.29. The van der Waals surface area contributed by atoms with E-state index in [9.17, 15) is 8.42 Å². The van der Waals surface area contributed by atoms with Gasteiger partial charge in [-0.1, -0.05) is 12.8 Å². The maximum absolute atomic E-state index is 11.9. The lowest BCUT2D eigenvalue weighted by molar-refractivity contribution is 0.390. The average molecular weight is 216 g/mol. The summed E-state index contributed by atoms with van der Waals surface area (Å²) in [6.07, 6.45) is 7.03. The Morgan fingerprint density at radius 1 is 1.43 bits per heavy atom. The Hall–Kier alpha value is -0.570. The quantitative estimate of drug-likeness (QED) is 0.633. The molecular weight excluding hydrogens is 200 g/mol. The number of terminal acetylenes is 1. The first kappa shape index (κ1) is 11.5. The van der Waals surface area contributed by atoms with Gasteiger partial charge in [0.25, 0.3) is 10.2 Å². The van der Waals surface area contributed by atoms with E-state index in [0.717, 1.165) is 12.8 Å². The highest BCUT2D eigenvalue weighted by atomic mass is 32.2. The smallest absolute Gasteiger partial charge is 0.195 e. The van der Waals surface area contributed by atoms with Gasteiger partial charge in [-0.3, -0.25) is 0 Å². The fourth-order valence-electron chi connectivity index (χ4n) is 1.54. The van der Waals surface area contributed by atoms with Crippen molar-refractivity contribution in [3.8, 4) is 12.3 Å². The van der Waals surface area contributed by atoms with Gasteiger partial charge in [0.05, 0.1) is 6.54 Å². The Morgan fingerprint density at radius 2 is 2.00 bits per heavy atom. The van der Waals surface area contributed by atoms with Crippen molar-refractivity contribution in [1.82, 2.24) is 8.61 Å². The largest absolute Gasteiger partial charge is 0.282 e. The zero-order valence-electron chi connectivity index (χ0n) is 8.44. The molecule has 0 saturated carbocycles. The molecule has 1 aliphatic heterocycles. The molecule has 80 valence electrons. The number of hydrogen-bond donors (Lipinski definition) is 0. The Kier molecular flexibility index (Phi) is 3.93. The Bertz CT molecular complexity index is 312. The summed E-state index contributed by atoms with van der Waals surface area (Å²) in [5.74, 6) is 2.37. The highest BCUT2D eigenvalue weighted by molar-refractivity contribution is 7.86. The Morgan fingerprint density at radius 3 is 2.43 bits per heavy atom. The third-order valence-electron chi connectivity index (χ3n) is 2.34. The molecule has 0 bridgehead atoms. The maximum atomic E-state index is 11.9. The lowest BCUT2D eigenvalue weighted by Crippen LogP contribution is -2.42. The van der Waals surface area contributed by atoms with Crippen LogP contribution in [0.15, 0.2) is 0 Å². The third kappa shape index (κ3) is 2.27. The Balaban J connectivity index is 2.76. The van der Waals surface area contributed by atoms with Crippen molar-refractivity contribution in [3.05, 3.63) is 0 Å². The second-order valence-corrected chi connectivity index (χ2v) is 5.17. The molecule has 4 nitrogen and oxygen atoms in total. The van der Waals surface area contributed by atoms with Gasteiger partial charge >= 0.3 is 0 Å². The van der Waals surface area contributed by atoms with Crippen LogP contribution >= 0.6 is 0 Å². The zero-order valence-corrected chi connectivity index (χ0v) is 9.26. The van der Waals surface area contributed by atoms with Crippen LogP contribution in [0.2, 0.25) is 0 Å². The number of rotatable bonds is 4. The summed E-state index contributed by atoms with van der Waals surface area (Å²) in [4.78, 5) is 0. The standard InChI is InChI=1S/C9H16N2O2S/c1-3-7-10(4-2)14(12,13)11-8-5-6-9-11/h1H,4-9H2,2H3. The van der Waals surface area contributed by atoms with E-state index in [1.165, 1.54) is 8.61 Å². The zero-order chi connectivity index (χ0) is 10.6. The van der Waals surface area contributed by atoms with Gasteiger partial charge in [0.15, 0.2) is 0 Å². The van der Waals surface area contributed by atoms with Crippen LogP contribution in [-0.4, -0.2) is 43.2 Å². The predicted molar refractivity (Wildman–Crippen MR) is 55.8 cm³/mol. The molecule has 1 saturated heterocycles. The van der Waals surface area contributed by atoms with Crippen molar-refractivity contribution in [2.75, 3.05) is 26.2 Å². The van der Waals surface area contributed by atoms with Crippen LogP contribution < -0.4 is 0 Å². The molecule has 5 heteroatoms. The van der Waals surface area contributed by atoms with Gasteiger partial charge in [-0.05, 0) is 12.8 Å². The summed E-state index contributed by atoms with van der Waals surface area (Å²) in [7, 11) is -3.29. The van der Waals surface area contributed by atoms with Crippen molar-refractivity contribution in [1.29, 1.82) is 0 Å². The van der Waals surface area contributed by atoms with Crippen molar-refractivity contribution < 1.29 is 8.42 Å². The molecule has 1 rings (SSSR count). The Labute approximate surface area is 86.1 Å². The van der Waals surface area contributed by atoms with E-state index in [1.807, 2.05) is 0 Å². The fourth-order valence-corrected chi connectivity index (χ4v) is 3.15. The first-order valence-corrected chi connectivity index (χ1v) is 6.21. The normalized spacial score (nSPS) is 18.6. The van der Waals surface area contributed by atoms with E-state index in [-0.39, 0.29) is 6.54 Å². The topological polar surface area (TPSA) is 40.6 Å². The minimum atomic E-state index is -3.29. The molecule has 0 aliphatic carbocycles. The van der Waals surface area contributed by atoms with Crippen LogP contribution in [0.1, 0.15) is 19.8 Å². The molecule has 14 heavy (non-hydrogen) atoms. The van der Waals surface area contributed by atoms with E-state index in [2.05, 4.69) is 5.92 Å². The minimum Gasteiger partial charge on any atom is -0.195 e. The number of nitrogens with zero attached hydrogens (tertiary/aromatic N) is 2. The van der Waals surface area contributed by atoms with E-state index < -0.39 is 10.2 Å². The minimum absolute atomic E-state index is 0.162. The lowest BCUT2D eigenvalue weighted by atomic mass is 10.4. The average Bonchev–Trinajstić information content (AvgIpc) is 2.66. The van der Waals surface area contributed by atoms with Gasteiger partial charge in [0.1, 0.15) is 0 Å².